The Kier molecular flexibility index (Phi) is 5.13. The normalized spacial score (nSPS) is 10.4. The second-order valence-electron chi connectivity index (χ2n) is 4.79. The lowest BCUT2D eigenvalue weighted by atomic mass is 10.1. The van der Waals surface area contributed by atoms with E-state index in [-0.39, 0.29) is 5.84 Å². The van der Waals surface area contributed by atoms with E-state index < -0.39 is 0 Å². The summed E-state index contributed by atoms with van der Waals surface area (Å²) >= 11 is 0. The summed E-state index contributed by atoms with van der Waals surface area (Å²) in [7, 11) is 2.05. The van der Waals surface area contributed by atoms with Gasteiger partial charge in [-0.3, -0.25) is 10.4 Å². The molecule has 0 saturated carbocycles. The third kappa shape index (κ3) is 3.45. The molecule has 0 unspecified atom stereocenters. The first-order chi connectivity index (χ1) is 8.47. The van der Waals surface area contributed by atoms with Crippen LogP contribution in [0.3, 0.4) is 0 Å². The van der Waals surface area contributed by atoms with Crippen LogP contribution < -0.4 is 10.6 Å². The van der Waals surface area contributed by atoms with Gasteiger partial charge in [0.05, 0.1) is 16.9 Å². The first-order valence-corrected chi connectivity index (χ1v) is 6.51. The van der Waals surface area contributed by atoms with Crippen LogP contribution in [0.5, 0.6) is 0 Å². The second-order valence-corrected chi connectivity index (χ2v) is 4.79. The van der Waals surface area contributed by atoms with Crippen LogP contribution in [0, 0.1) is 19.3 Å². The van der Waals surface area contributed by atoms with Crippen LogP contribution in [0.15, 0.2) is 6.07 Å². The summed E-state index contributed by atoms with van der Waals surface area (Å²) in [6.07, 6.45) is 3.59. The molecule has 1 heterocycles. The Hall–Kier alpha value is -1.58. The molecule has 3 N–H and O–H groups in total. The Morgan fingerprint density at radius 1 is 1.39 bits per heavy atom. The molecule has 100 valence electrons. The van der Waals surface area contributed by atoms with Gasteiger partial charge in [-0.05, 0) is 26.3 Å². The fourth-order valence-electron chi connectivity index (χ4n) is 2.16. The zero-order chi connectivity index (χ0) is 13.7. The standard InChI is InChI=1S/C14H24N4/c1-5-6-7-8-18(4)12-9-10(2)17-11(3)13(12)14(15)16/h9H,5-8H2,1-4H3,(H3,15,16). The predicted octanol–water partition coefficient (Wildman–Crippen LogP) is 2.61. The summed E-state index contributed by atoms with van der Waals surface area (Å²) in [5, 5.41) is 7.71. The number of aryl methyl sites for hydroxylation is 2. The highest BCUT2D eigenvalue weighted by molar-refractivity contribution is 6.01. The third-order valence-electron chi connectivity index (χ3n) is 3.09. The van der Waals surface area contributed by atoms with E-state index in [1.54, 1.807) is 0 Å². The summed E-state index contributed by atoms with van der Waals surface area (Å²) in [5.74, 6) is 0.0948. The van der Waals surface area contributed by atoms with Gasteiger partial charge in [0.25, 0.3) is 0 Å². The molecule has 1 rings (SSSR count). The summed E-state index contributed by atoms with van der Waals surface area (Å²) < 4.78 is 0. The highest BCUT2D eigenvalue weighted by Crippen LogP contribution is 2.23. The zero-order valence-electron chi connectivity index (χ0n) is 11.9. The van der Waals surface area contributed by atoms with Crippen LogP contribution in [-0.4, -0.2) is 24.4 Å². The molecule has 4 nitrogen and oxygen atoms in total. The van der Waals surface area contributed by atoms with E-state index in [2.05, 4.69) is 23.9 Å². The molecule has 0 spiro atoms. The molecule has 1 aromatic rings. The molecular weight excluding hydrogens is 224 g/mol. The highest BCUT2D eigenvalue weighted by Gasteiger charge is 2.14. The maximum Gasteiger partial charge on any atom is 0.126 e. The van der Waals surface area contributed by atoms with Crippen molar-refractivity contribution >= 4 is 11.5 Å². The van der Waals surface area contributed by atoms with Crippen molar-refractivity contribution in [2.75, 3.05) is 18.5 Å². The van der Waals surface area contributed by atoms with Crippen molar-refractivity contribution in [3.8, 4) is 0 Å². The Balaban J connectivity index is 3.02. The van der Waals surface area contributed by atoms with Crippen LogP contribution >= 0.6 is 0 Å². The molecule has 0 saturated heterocycles. The molecule has 0 aliphatic heterocycles. The first-order valence-electron chi connectivity index (χ1n) is 6.51. The Bertz CT molecular complexity index is 426. The number of pyridine rings is 1. The SMILES string of the molecule is CCCCCN(C)c1cc(C)nc(C)c1C(=N)N. The molecule has 4 heteroatoms. The minimum atomic E-state index is 0.0948. The van der Waals surface area contributed by atoms with Gasteiger partial charge in [0, 0.05) is 19.3 Å². The van der Waals surface area contributed by atoms with Gasteiger partial charge in [0.2, 0.25) is 0 Å². The van der Waals surface area contributed by atoms with E-state index in [0.717, 1.165) is 35.6 Å². The summed E-state index contributed by atoms with van der Waals surface area (Å²) in [4.78, 5) is 6.56. The average molecular weight is 248 g/mol. The van der Waals surface area contributed by atoms with Crippen molar-refractivity contribution in [1.82, 2.24) is 4.98 Å². The maximum absolute atomic E-state index is 7.71. The van der Waals surface area contributed by atoms with Gasteiger partial charge in [0.1, 0.15) is 5.84 Å². The van der Waals surface area contributed by atoms with Crippen LogP contribution in [0.2, 0.25) is 0 Å². The summed E-state index contributed by atoms with van der Waals surface area (Å²) in [6.45, 7) is 7.06. The van der Waals surface area contributed by atoms with Crippen LogP contribution in [0.4, 0.5) is 5.69 Å². The molecule has 0 fully saturated rings. The first kappa shape index (κ1) is 14.5. The van der Waals surface area contributed by atoms with Crippen molar-refractivity contribution in [1.29, 1.82) is 5.41 Å². The number of hydrogen-bond acceptors (Lipinski definition) is 3. The number of unbranched alkanes of at least 4 members (excludes halogenated alkanes) is 2. The van der Waals surface area contributed by atoms with E-state index in [9.17, 15) is 0 Å². The Morgan fingerprint density at radius 2 is 2.06 bits per heavy atom. The van der Waals surface area contributed by atoms with Gasteiger partial charge in [-0.2, -0.15) is 0 Å². The molecular formula is C14H24N4. The number of nitrogen functional groups attached to an aromatic ring is 1. The van der Waals surface area contributed by atoms with E-state index in [1.165, 1.54) is 12.8 Å². The van der Waals surface area contributed by atoms with Gasteiger partial charge in [-0.15, -0.1) is 0 Å². The lowest BCUT2D eigenvalue weighted by Crippen LogP contribution is -2.25. The maximum atomic E-state index is 7.71. The lowest BCUT2D eigenvalue weighted by molar-refractivity contribution is 0.704. The molecule has 1 aromatic heterocycles. The number of nitrogens with two attached hydrogens (primary N) is 1. The minimum Gasteiger partial charge on any atom is -0.384 e. The fraction of sp³-hybridized carbons (Fsp3) is 0.571. The molecule has 0 aliphatic rings. The van der Waals surface area contributed by atoms with Crippen molar-refractivity contribution in [2.45, 2.75) is 40.0 Å². The minimum absolute atomic E-state index is 0.0948. The molecule has 0 radical (unpaired) electrons. The van der Waals surface area contributed by atoms with Crippen LogP contribution in [0.1, 0.15) is 43.1 Å². The Morgan fingerprint density at radius 3 is 2.61 bits per heavy atom. The van der Waals surface area contributed by atoms with E-state index in [4.69, 9.17) is 11.1 Å². The van der Waals surface area contributed by atoms with E-state index in [1.807, 2.05) is 19.9 Å². The molecule has 0 aromatic carbocycles. The van der Waals surface area contributed by atoms with E-state index >= 15 is 0 Å². The van der Waals surface area contributed by atoms with Crippen LogP contribution in [-0.2, 0) is 0 Å². The summed E-state index contributed by atoms with van der Waals surface area (Å²) in [6, 6.07) is 2.01. The number of hydrogen-bond donors (Lipinski definition) is 2. The van der Waals surface area contributed by atoms with E-state index in [0.29, 0.717) is 0 Å². The van der Waals surface area contributed by atoms with Crippen molar-refractivity contribution in [2.24, 2.45) is 5.73 Å². The number of nitrogens with zero attached hydrogens (tertiary/aromatic N) is 2. The molecule has 0 bridgehead atoms. The Labute approximate surface area is 110 Å². The van der Waals surface area contributed by atoms with Gasteiger partial charge < -0.3 is 10.6 Å². The van der Waals surface area contributed by atoms with Gasteiger partial charge in [-0.1, -0.05) is 19.8 Å². The zero-order valence-corrected chi connectivity index (χ0v) is 11.9. The fourth-order valence-corrected chi connectivity index (χ4v) is 2.16. The van der Waals surface area contributed by atoms with Gasteiger partial charge >= 0.3 is 0 Å². The largest absolute Gasteiger partial charge is 0.384 e. The second kappa shape index (κ2) is 6.38. The highest BCUT2D eigenvalue weighted by atomic mass is 15.1. The number of amidine groups is 1. The quantitative estimate of drug-likeness (QED) is 0.462. The molecule has 0 amide bonds. The summed E-state index contributed by atoms with van der Waals surface area (Å²) in [5.41, 5.74) is 9.26. The third-order valence-corrected chi connectivity index (χ3v) is 3.09. The average Bonchev–Trinajstić information content (AvgIpc) is 2.27. The van der Waals surface area contributed by atoms with Gasteiger partial charge in [0.15, 0.2) is 0 Å². The van der Waals surface area contributed by atoms with Crippen molar-refractivity contribution in [3.05, 3.63) is 23.0 Å². The predicted molar refractivity (Wildman–Crippen MR) is 77.5 cm³/mol. The molecule has 0 atom stereocenters. The molecule has 0 aliphatic carbocycles. The number of aromatic nitrogens is 1. The smallest absolute Gasteiger partial charge is 0.126 e. The van der Waals surface area contributed by atoms with Gasteiger partial charge in [-0.25, -0.2) is 0 Å². The molecule has 18 heavy (non-hydrogen) atoms. The monoisotopic (exact) mass is 248 g/mol. The van der Waals surface area contributed by atoms with Crippen molar-refractivity contribution < 1.29 is 0 Å². The number of nitrogens with one attached hydrogen (secondary N) is 1. The number of anilines is 1. The van der Waals surface area contributed by atoms with Crippen LogP contribution in [0.25, 0.3) is 0 Å². The van der Waals surface area contributed by atoms with Crippen molar-refractivity contribution in [3.63, 3.8) is 0 Å². The number of rotatable bonds is 6. The topological polar surface area (TPSA) is 66.0 Å². The lowest BCUT2D eigenvalue weighted by Gasteiger charge is -2.23.